The van der Waals surface area contributed by atoms with Crippen molar-refractivity contribution in [3.05, 3.63) is 76.6 Å². The van der Waals surface area contributed by atoms with E-state index in [0.29, 0.717) is 25.1 Å². The van der Waals surface area contributed by atoms with E-state index in [-0.39, 0.29) is 17.9 Å². The number of aryl methyl sites for hydroxylation is 3. The topological polar surface area (TPSA) is 85.7 Å². The van der Waals surface area contributed by atoms with Gasteiger partial charge in [0.05, 0.1) is 25.6 Å². The van der Waals surface area contributed by atoms with Gasteiger partial charge in [-0.3, -0.25) is 14.5 Å². The van der Waals surface area contributed by atoms with Gasteiger partial charge in [-0.25, -0.2) is 4.68 Å². The first-order valence-corrected chi connectivity index (χ1v) is 11.7. The summed E-state index contributed by atoms with van der Waals surface area (Å²) in [6, 6.07) is 14.8. The minimum Gasteiger partial charge on any atom is -0.496 e. The van der Waals surface area contributed by atoms with Crippen LogP contribution >= 0.6 is 0 Å². The van der Waals surface area contributed by atoms with Gasteiger partial charge in [0.2, 0.25) is 0 Å². The molecule has 1 aliphatic rings. The summed E-state index contributed by atoms with van der Waals surface area (Å²) in [4.78, 5) is 27.7. The van der Waals surface area contributed by atoms with Crippen LogP contribution < -0.4 is 10.1 Å². The zero-order valence-electron chi connectivity index (χ0n) is 20.9. The van der Waals surface area contributed by atoms with E-state index < -0.39 is 6.04 Å². The number of amides is 1. The number of ether oxygens (including phenoxy) is 2. The molecule has 0 radical (unpaired) electrons. The molecule has 1 saturated heterocycles. The Kier molecular flexibility index (Phi) is 7.21. The minimum absolute atomic E-state index is 0.177. The van der Waals surface area contributed by atoms with Crippen molar-refractivity contribution in [3.8, 4) is 11.4 Å². The van der Waals surface area contributed by atoms with Crippen molar-refractivity contribution in [1.82, 2.24) is 20.0 Å². The molecule has 35 heavy (non-hydrogen) atoms. The quantitative estimate of drug-likeness (QED) is 0.527. The third-order valence-corrected chi connectivity index (χ3v) is 6.42. The van der Waals surface area contributed by atoms with E-state index in [1.165, 1.54) is 7.11 Å². The Morgan fingerprint density at radius 2 is 1.89 bits per heavy atom. The van der Waals surface area contributed by atoms with Crippen LogP contribution in [0.3, 0.4) is 0 Å². The monoisotopic (exact) mass is 476 g/mol. The van der Waals surface area contributed by atoms with E-state index in [9.17, 15) is 9.59 Å². The molecule has 4 rings (SSSR count). The number of likely N-dealkylation sites (tertiary alicyclic amines) is 1. The molecule has 1 aromatic heterocycles. The first-order chi connectivity index (χ1) is 16.8. The molecule has 0 aliphatic carbocycles. The van der Waals surface area contributed by atoms with Crippen molar-refractivity contribution in [2.75, 3.05) is 20.8 Å². The van der Waals surface area contributed by atoms with Gasteiger partial charge >= 0.3 is 5.97 Å². The largest absolute Gasteiger partial charge is 0.496 e. The van der Waals surface area contributed by atoms with Crippen LogP contribution in [0.5, 0.6) is 5.75 Å². The highest BCUT2D eigenvalue weighted by molar-refractivity contribution is 5.95. The third kappa shape index (κ3) is 5.38. The Morgan fingerprint density at radius 1 is 1.09 bits per heavy atom. The molecule has 8 nitrogen and oxygen atoms in total. The van der Waals surface area contributed by atoms with Crippen molar-refractivity contribution in [3.63, 3.8) is 0 Å². The Morgan fingerprint density at radius 3 is 2.54 bits per heavy atom. The van der Waals surface area contributed by atoms with E-state index in [0.717, 1.165) is 34.0 Å². The summed E-state index contributed by atoms with van der Waals surface area (Å²) in [6.45, 7) is 7.04. The van der Waals surface area contributed by atoms with Crippen LogP contribution in [0.15, 0.2) is 48.5 Å². The van der Waals surface area contributed by atoms with Crippen LogP contribution in [0, 0.1) is 20.8 Å². The number of hydrogen-bond acceptors (Lipinski definition) is 6. The second-order valence-corrected chi connectivity index (χ2v) is 9.07. The predicted octanol–water partition coefficient (Wildman–Crippen LogP) is 3.35. The molecule has 2 heterocycles. The Bertz CT molecular complexity index is 1240. The first-order valence-electron chi connectivity index (χ1n) is 11.7. The molecule has 0 saturated carbocycles. The molecule has 1 fully saturated rings. The van der Waals surface area contributed by atoms with E-state index in [2.05, 4.69) is 21.4 Å². The fraction of sp³-hybridized carbons (Fsp3) is 0.370. The maximum absolute atomic E-state index is 13.1. The Labute approximate surface area is 205 Å². The van der Waals surface area contributed by atoms with Gasteiger partial charge in [0.25, 0.3) is 5.91 Å². The van der Waals surface area contributed by atoms with Crippen LogP contribution in [-0.2, 0) is 16.1 Å². The molecule has 1 aliphatic heterocycles. The second kappa shape index (κ2) is 10.3. The van der Waals surface area contributed by atoms with Gasteiger partial charge in [-0.05, 0) is 68.7 Å². The number of nitrogens with zero attached hydrogens (tertiary/aromatic N) is 3. The summed E-state index contributed by atoms with van der Waals surface area (Å²) in [7, 11) is 3.05. The Hall–Kier alpha value is -3.65. The molecule has 184 valence electrons. The molecule has 2 aromatic carbocycles. The number of carbonyl (C=O) groups excluding carboxylic acids is 2. The van der Waals surface area contributed by atoms with Gasteiger partial charge in [-0.15, -0.1) is 0 Å². The number of aromatic nitrogens is 2. The average Bonchev–Trinajstić information content (AvgIpc) is 3.40. The third-order valence-electron chi connectivity index (χ3n) is 6.42. The van der Waals surface area contributed by atoms with Crippen molar-refractivity contribution in [2.24, 2.45) is 0 Å². The number of rotatable bonds is 7. The van der Waals surface area contributed by atoms with E-state index >= 15 is 0 Å². The fourth-order valence-corrected chi connectivity index (χ4v) is 4.78. The lowest BCUT2D eigenvalue weighted by atomic mass is 10.1. The highest BCUT2D eigenvalue weighted by Crippen LogP contribution is 2.25. The highest BCUT2D eigenvalue weighted by Gasteiger charge is 2.38. The number of methoxy groups -OCH3 is 2. The lowest BCUT2D eigenvalue weighted by Crippen LogP contribution is -2.37. The Balaban J connectivity index is 1.48. The van der Waals surface area contributed by atoms with Crippen LogP contribution in [0.1, 0.15) is 39.3 Å². The summed E-state index contributed by atoms with van der Waals surface area (Å²) >= 11 is 0. The maximum atomic E-state index is 13.1. The average molecular weight is 477 g/mol. The van der Waals surface area contributed by atoms with Gasteiger partial charge in [-0.2, -0.15) is 5.10 Å². The van der Waals surface area contributed by atoms with Crippen molar-refractivity contribution >= 4 is 11.9 Å². The van der Waals surface area contributed by atoms with E-state index in [4.69, 9.17) is 9.47 Å². The molecule has 2 atom stereocenters. The summed E-state index contributed by atoms with van der Waals surface area (Å²) in [5.41, 5.74) is 5.41. The van der Waals surface area contributed by atoms with Crippen LogP contribution in [0.4, 0.5) is 0 Å². The van der Waals surface area contributed by atoms with Crippen molar-refractivity contribution in [2.45, 2.75) is 45.8 Å². The number of hydrogen-bond donors (Lipinski definition) is 1. The fourth-order valence-electron chi connectivity index (χ4n) is 4.78. The van der Waals surface area contributed by atoms with Gasteiger partial charge in [0, 0.05) is 30.4 Å². The number of esters is 1. The van der Waals surface area contributed by atoms with Crippen molar-refractivity contribution < 1.29 is 19.1 Å². The molecule has 1 N–H and O–H groups in total. The van der Waals surface area contributed by atoms with Crippen LogP contribution in [0.2, 0.25) is 0 Å². The second-order valence-electron chi connectivity index (χ2n) is 9.07. The predicted molar refractivity (Wildman–Crippen MR) is 133 cm³/mol. The lowest BCUT2D eigenvalue weighted by Gasteiger charge is -2.22. The zero-order valence-corrected chi connectivity index (χ0v) is 20.9. The maximum Gasteiger partial charge on any atom is 0.323 e. The summed E-state index contributed by atoms with van der Waals surface area (Å²) < 4.78 is 12.2. The number of nitrogens with one attached hydrogen (secondary N) is 1. The first kappa shape index (κ1) is 24.5. The smallest absolute Gasteiger partial charge is 0.323 e. The number of carbonyl (C=O) groups is 2. The van der Waals surface area contributed by atoms with E-state index in [1.807, 2.05) is 61.9 Å². The van der Waals surface area contributed by atoms with Crippen molar-refractivity contribution in [1.29, 1.82) is 0 Å². The SMILES string of the molecule is COC(=O)[C@@H]1C[C@@H](NC(=O)c2cccc(-n3nc(C)cc3C)c2)CN1Cc1ccc(OC)c(C)c1. The molecule has 3 aromatic rings. The van der Waals surface area contributed by atoms with Gasteiger partial charge < -0.3 is 14.8 Å². The lowest BCUT2D eigenvalue weighted by molar-refractivity contribution is -0.146. The standard InChI is InChI=1S/C27H32N4O4/c1-17-11-20(9-10-25(17)34-4)15-30-16-22(14-24(30)27(33)35-5)28-26(32)21-7-6-8-23(13-21)31-19(3)12-18(2)29-31/h6-13,22,24H,14-16H2,1-5H3,(H,28,32)/t22-,24+/m1/s1. The molecule has 0 spiro atoms. The molecule has 0 unspecified atom stereocenters. The van der Waals surface area contributed by atoms with Crippen LogP contribution in [-0.4, -0.2) is 59.4 Å². The van der Waals surface area contributed by atoms with Gasteiger partial charge in [0.15, 0.2) is 0 Å². The zero-order chi connectivity index (χ0) is 25.1. The normalized spacial score (nSPS) is 17.9. The van der Waals surface area contributed by atoms with Crippen LogP contribution in [0.25, 0.3) is 5.69 Å². The molecule has 1 amide bonds. The summed E-state index contributed by atoms with van der Waals surface area (Å²) in [5, 5.41) is 7.62. The molecule has 0 bridgehead atoms. The summed E-state index contributed by atoms with van der Waals surface area (Å²) in [5.74, 6) is 0.357. The molecule has 8 heteroatoms. The molecular weight excluding hydrogens is 444 g/mol. The van der Waals surface area contributed by atoms with E-state index in [1.54, 1.807) is 13.2 Å². The van der Waals surface area contributed by atoms with Gasteiger partial charge in [0.1, 0.15) is 11.8 Å². The minimum atomic E-state index is -0.422. The highest BCUT2D eigenvalue weighted by atomic mass is 16.5. The summed E-state index contributed by atoms with van der Waals surface area (Å²) in [6.07, 6.45) is 0.491. The van der Waals surface area contributed by atoms with Gasteiger partial charge in [-0.1, -0.05) is 18.2 Å². The molecular formula is C27H32N4O4. The number of benzene rings is 2.